The summed E-state index contributed by atoms with van der Waals surface area (Å²) < 4.78 is 30.5. The highest BCUT2D eigenvalue weighted by Crippen LogP contribution is 2.49. The van der Waals surface area contributed by atoms with Gasteiger partial charge in [-0.2, -0.15) is 0 Å². The molecule has 2 saturated heterocycles. The predicted octanol–water partition coefficient (Wildman–Crippen LogP) is 5.50. The van der Waals surface area contributed by atoms with Crippen LogP contribution < -0.4 is 14.4 Å². The van der Waals surface area contributed by atoms with Gasteiger partial charge in [-0.1, -0.05) is 36.7 Å². The van der Waals surface area contributed by atoms with Gasteiger partial charge in [0.05, 0.1) is 22.0 Å². The van der Waals surface area contributed by atoms with E-state index in [1.807, 2.05) is 32.2 Å². The number of ether oxygens (including phenoxy) is 2. The first-order valence-corrected chi connectivity index (χ1v) is 22.4. The minimum Gasteiger partial charge on any atom is -0.490 e. The van der Waals surface area contributed by atoms with Crippen molar-refractivity contribution in [2.45, 2.75) is 74.7 Å². The summed E-state index contributed by atoms with van der Waals surface area (Å²) in [7, 11) is 1.16. The topological polar surface area (TPSA) is 77.6 Å². The van der Waals surface area contributed by atoms with Crippen LogP contribution in [0.3, 0.4) is 0 Å². The van der Waals surface area contributed by atoms with Gasteiger partial charge >= 0.3 is 0 Å². The number of nitrogens with zero attached hydrogens (tertiary/aromatic N) is 4. The van der Waals surface area contributed by atoms with E-state index in [-0.39, 0.29) is 22.5 Å². The second kappa shape index (κ2) is 15.1. The van der Waals surface area contributed by atoms with Crippen LogP contribution in [-0.2, 0) is 26.3 Å². The van der Waals surface area contributed by atoms with Crippen LogP contribution in [0.5, 0.6) is 5.75 Å². The van der Waals surface area contributed by atoms with E-state index in [2.05, 4.69) is 68.4 Å². The van der Waals surface area contributed by atoms with Gasteiger partial charge in [-0.15, -0.1) is 0 Å². The summed E-state index contributed by atoms with van der Waals surface area (Å²) in [5, 5.41) is 0.444. The van der Waals surface area contributed by atoms with E-state index in [4.69, 9.17) is 21.1 Å². The fourth-order valence-corrected chi connectivity index (χ4v) is 12.1. The number of carbonyl (C=O) groups excluding carboxylic acids is 1. The number of fused-ring (bicyclic) bond motifs is 4. The van der Waals surface area contributed by atoms with Gasteiger partial charge in [-0.05, 0) is 118 Å². The summed E-state index contributed by atoms with van der Waals surface area (Å²) in [6.07, 6.45) is 10.7. The molecule has 54 heavy (non-hydrogen) atoms. The number of amides is 1. The number of likely N-dealkylation sites (N-methyl/N-ethyl adjacent to an activating group) is 1. The summed E-state index contributed by atoms with van der Waals surface area (Å²) >= 11 is 6.53. The number of rotatable bonds is 4. The third kappa shape index (κ3) is 7.24. The molecule has 2 aromatic rings. The lowest BCUT2D eigenvalue weighted by Gasteiger charge is -2.53. The van der Waals surface area contributed by atoms with Crippen LogP contribution in [-0.4, -0.2) is 127 Å². The molecule has 2 aliphatic carbocycles. The van der Waals surface area contributed by atoms with Crippen molar-refractivity contribution in [3.8, 4) is 5.75 Å². The van der Waals surface area contributed by atoms with E-state index in [0.717, 1.165) is 101 Å². The SMILES string of the molecule is C=S1(=O)NC(=O)c2ccc3c(c2)N(C[C@@H]2CC[C@H]2[C@@](CN2CCN(C4CN(C)C4)CC2)(OC)/C=C/C[C@H](C)[C@H]1C)C[C@@]1(CCCc2cc(Cl)ccc21)CO3. The molecule has 0 aromatic heterocycles. The Bertz CT molecular complexity index is 1860. The summed E-state index contributed by atoms with van der Waals surface area (Å²) in [5.74, 6) is 5.26. The van der Waals surface area contributed by atoms with Crippen LogP contribution in [0, 0.1) is 17.8 Å². The molecule has 2 aromatic carbocycles. The van der Waals surface area contributed by atoms with Gasteiger partial charge in [0, 0.05) is 93.3 Å². The van der Waals surface area contributed by atoms with Crippen LogP contribution in [0.15, 0.2) is 48.6 Å². The summed E-state index contributed by atoms with van der Waals surface area (Å²) in [5.41, 5.74) is 3.35. The van der Waals surface area contributed by atoms with E-state index in [0.29, 0.717) is 30.0 Å². The Balaban J connectivity index is 1.15. The maximum Gasteiger partial charge on any atom is 0.262 e. The van der Waals surface area contributed by atoms with Crippen molar-refractivity contribution in [2.75, 3.05) is 84.6 Å². The van der Waals surface area contributed by atoms with Crippen LogP contribution in [0.1, 0.15) is 67.4 Å². The summed E-state index contributed by atoms with van der Waals surface area (Å²) in [6, 6.07) is 12.8. The van der Waals surface area contributed by atoms with Crippen molar-refractivity contribution in [1.82, 2.24) is 19.4 Å². The Morgan fingerprint density at radius 1 is 1.07 bits per heavy atom. The van der Waals surface area contributed by atoms with Crippen LogP contribution in [0.4, 0.5) is 5.69 Å². The average Bonchev–Trinajstić information content (AvgIpc) is 3.28. The highest BCUT2D eigenvalue weighted by Gasteiger charge is 2.50. The molecule has 3 fully saturated rings. The first-order chi connectivity index (χ1) is 25.9. The number of carbonyl (C=O) groups is 1. The lowest BCUT2D eigenvalue weighted by Crippen LogP contribution is -2.63. The molecule has 1 spiro atoms. The lowest BCUT2D eigenvalue weighted by atomic mass is 9.63. The number of halogens is 1. The van der Waals surface area contributed by atoms with Crippen molar-refractivity contribution in [1.29, 1.82) is 0 Å². The van der Waals surface area contributed by atoms with E-state index < -0.39 is 15.3 Å². The third-order valence-electron chi connectivity index (χ3n) is 14.2. The van der Waals surface area contributed by atoms with E-state index in [1.54, 1.807) is 6.07 Å². The molecule has 4 aliphatic heterocycles. The Morgan fingerprint density at radius 3 is 2.59 bits per heavy atom. The molecule has 2 bridgehead atoms. The number of nitrogens with one attached hydrogen (secondary N) is 1. The van der Waals surface area contributed by atoms with Gasteiger partial charge < -0.3 is 19.3 Å². The van der Waals surface area contributed by atoms with Gasteiger partial charge in [-0.3, -0.25) is 19.3 Å². The largest absolute Gasteiger partial charge is 0.490 e. The lowest BCUT2D eigenvalue weighted by molar-refractivity contribution is -0.0982. The minimum atomic E-state index is -2.95. The van der Waals surface area contributed by atoms with E-state index in [9.17, 15) is 9.00 Å². The van der Waals surface area contributed by atoms with Crippen molar-refractivity contribution >= 4 is 38.8 Å². The minimum absolute atomic E-state index is 0.0377. The molecule has 7 atom stereocenters. The van der Waals surface area contributed by atoms with Gasteiger partial charge in [0.1, 0.15) is 11.4 Å². The molecule has 11 heteroatoms. The first-order valence-electron chi connectivity index (χ1n) is 20.3. The van der Waals surface area contributed by atoms with Gasteiger partial charge in [0.2, 0.25) is 0 Å². The highest BCUT2D eigenvalue weighted by atomic mass is 35.5. The fraction of sp³-hybridized carbons (Fsp3) is 0.628. The molecule has 6 aliphatic rings. The molecule has 294 valence electrons. The Hall–Kier alpha value is -2.60. The number of benzene rings is 2. The Kier molecular flexibility index (Phi) is 10.7. The number of aryl methyl sites for hydroxylation is 1. The highest BCUT2D eigenvalue weighted by molar-refractivity contribution is 7.99. The molecule has 8 rings (SSSR count). The second-order valence-corrected chi connectivity index (χ2v) is 20.4. The molecule has 1 saturated carbocycles. The van der Waals surface area contributed by atoms with E-state index >= 15 is 0 Å². The molecule has 0 radical (unpaired) electrons. The molecular formula is C43H60ClN5O4S. The van der Waals surface area contributed by atoms with Crippen LogP contribution in [0.25, 0.3) is 0 Å². The van der Waals surface area contributed by atoms with E-state index in [1.165, 1.54) is 24.2 Å². The predicted molar refractivity (Wildman–Crippen MR) is 221 cm³/mol. The van der Waals surface area contributed by atoms with Gasteiger partial charge in [-0.25, -0.2) is 4.21 Å². The third-order valence-corrected chi connectivity index (χ3v) is 16.6. The van der Waals surface area contributed by atoms with Crippen molar-refractivity contribution in [2.24, 2.45) is 17.8 Å². The maximum absolute atomic E-state index is 14.1. The normalized spacial score (nSPS) is 36.2. The number of allylic oxidation sites excluding steroid dienone is 1. The zero-order chi connectivity index (χ0) is 37.8. The molecule has 1 unspecified atom stereocenters. The number of hydrogen-bond acceptors (Lipinski definition) is 8. The molecule has 1 amide bonds. The van der Waals surface area contributed by atoms with Gasteiger partial charge in [0.25, 0.3) is 5.91 Å². The Morgan fingerprint density at radius 2 is 1.87 bits per heavy atom. The Labute approximate surface area is 328 Å². The second-order valence-electron chi connectivity index (χ2n) is 17.6. The zero-order valence-electron chi connectivity index (χ0n) is 32.7. The molecule has 9 nitrogen and oxygen atoms in total. The number of hydrogen-bond donors (Lipinski definition) is 1. The summed E-state index contributed by atoms with van der Waals surface area (Å²) in [6.45, 7) is 13.7. The standard InChI is InChI=1S/C43H60ClN5O4S/c1-30-8-6-17-43(52-4,28-47-18-20-48(21-19-47)36-25-46(3)26-36)38-13-10-34(38)24-49-27-42(16-7-9-32-22-35(44)12-14-37(32)42)29-53-40-15-11-33(23-39(40)49)41(50)45-54(5,51)31(30)2/h6,11-12,14-15,17,22-23,30-31,34,36,38H,5,7-10,13,16,18-21,24-29H2,1-4H3,(H,45,50,51)/b17-6+/t30-,31+,34-,38+,42-,43+,54?/m0/s1. The smallest absolute Gasteiger partial charge is 0.262 e. The van der Waals surface area contributed by atoms with Gasteiger partial charge in [0.15, 0.2) is 0 Å². The number of likely N-dealkylation sites (tertiary alicyclic amines) is 1. The average molecular weight is 779 g/mol. The maximum atomic E-state index is 14.1. The number of anilines is 1. The molecule has 4 heterocycles. The zero-order valence-corrected chi connectivity index (χ0v) is 34.3. The first kappa shape index (κ1) is 38.3. The van der Waals surface area contributed by atoms with Crippen molar-refractivity contribution in [3.63, 3.8) is 0 Å². The fourth-order valence-electron chi connectivity index (χ4n) is 10.4. The van der Waals surface area contributed by atoms with Crippen LogP contribution >= 0.6 is 11.6 Å². The number of piperazine rings is 1. The molecular weight excluding hydrogens is 718 g/mol. The van der Waals surface area contributed by atoms with Crippen molar-refractivity contribution in [3.05, 3.63) is 70.3 Å². The number of methoxy groups -OCH3 is 1. The quantitative estimate of drug-likeness (QED) is 0.323. The monoisotopic (exact) mass is 777 g/mol. The van der Waals surface area contributed by atoms with Crippen LogP contribution in [0.2, 0.25) is 5.02 Å². The molecule has 1 N–H and O–H groups in total. The summed E-state index contributed by atoms with van der Waals surface area (Å²) in [4.78, 5) is 24.0. The van der Waals surface area contributed by atoms with Crippen molar-refractivity contribution < 1.29 is 18.5 Å².